The molecule has 0 fully saturated rings. The Labute approximate surface area is 134 Å². The predicted molar refractivity (Wildman–Crippen MR) is 89.9 cm³/mol. The second-order valence-corrected chi connectivity index (χ2v) is 6.28. The molecular weight excluding hydrogens is 296 g/mol. The molecule has 0 unspecified atom stereocenters. The number of aromatic nitrogens is 1. The lowest BCUT2D eigenvalue weighted by Gasteiger charge is -2.06. The Balaban J connectivity index is 1.94. The average molecular weight is 316 g/mol. The number of benzene rings is 1. The molecule has 0 atom stereocenters. The smallest absolute Gasteiger partial charge is 0.244 e. The lowest BCUT2D eigenvalue weighted by Crippen LogP contribution is -2.28. The molecule has 5 heteroatoms. The van der Waals surface area contributed by atoms with Gasteiger partial charge in [0.15, 0.2) is 0 Å². The van der Waals surface area contributed by atoms with E-state index >= 15 is 0 Å². The molecule has 1 aromatic carbocycles. The van der Waals surface area contributed by atoms with Crippen molar-refractivity contribution in [2.45, 2.75) is 33.4 Å². The Bertz CT molecular complexity index is 662. The van der Waals surface area contributed by atoms with E-state index in [1.54, 1.807) is 17.4 Å². The molecule has 0 saturated heterocycles. The molecule has 1 aromatic heterocycles. The Morgan fingerprint density at radius 2 is 2.27 bits per heavy atom. The van der Waals surface area contributed by atoms with Gasteiger partial charge >= 0.3 is 0 Å². The molecular formula is C17H20N2O2S. The van der Waals surface area contributed by atoms with Gasteiger partial charge < -0.3 is 10.1 Å². The van der Waals surface area contributed by atoms with Crippen LogP contribution in [0, 0.1) is 6.92 Å². The SMILES string of the molecule is Cc1nc(COc2cccc(/C=C/C(=O)NC(C)C)c2)cs1. The van der Waals surface area contributed by atoms with E-state index in [0.29, 0.717) is 6.61 Å². The molecule has 4 nitrogen and oxygen atoms in total. The highest BCUT2D eigenvalue weighted by Gasteiger charge is 2.01. The second-order valence-electron chi connectivity index (χ2n) is 5.22. The van der Waals surface area contributed by atoms with Gasteiger partial charge in [-0.15, -0.1) is 11.3 Å². The maximum absolute atomic E-state index is 11.6. The minimum atomic E-state index is -0.0979. The number of nitrogens with one attached hydrogen (secondary N) is 1. The summed E-state index contributed by atoms with van der Waals surface area (Å²) in [6.07, 6.45) is 3.31. The van der Waals surface area contributed by atoms with Crippen molar-refractivity contribution in [3.63, 3.8) is 0 Å². The first-order valence-electron chi connectivity index (χ1n) is 7.15. The summed E-state index contributed by atoms with van der Waals surface area (Å²) < 4.78 is 5.73. The van der Waals surface area contributed by atoms with E-state index in [1.807, 2.05) is 50.4 Å². The lowest BCUT2D eigenvalue weighted by molar-refractivity contribution is -0.116. The number of nitrogens with zero attached hydrogens (tertiary/aromatic N) is 1. The fourth-order valence-electron chi connectivity index (χ4n) is 1.84. The summed E-state index contributed by atoms with van der Waals surface area (Å²) in [5.74, 6) is 0.663. The van der Waals surface area contributed by atoms with Crippen LogP contribution in [0.5, 0.6) is 5.75 Å². The van der Waals surface area contributed by atoms with Crippen molar-refractivity contribution >= 4 is 23.3 Å². The topological polar surface area (TPSA) is 51.2 Å². The molecule has 0 aliphatic heterocycles. The molecule has 0 radical (unpaired) electrons. The van der Waals surface area contributed by atoms with Crippen molar-refractivity contribution in [1.82, 2.24) is 10.3 Å². The highest BCUT2D eigenvalue weighted by molar-refractivity contribution is 7.09. The number of carbonyl (C=O) groups is 1. The van der Waals surface area contributed by atoms with Crippen LogP contribution in [0.15, 0.2) is 35.7 Å². The monoisotopic (exact) mass is 316 g/mol. The van der Waals surface area contributed by atoms with Crippen LogP contribution in [0.2, 0.25) is 0 Å². The number of aryl methyl sites for hydroxylation is 1. The number of rotatable bonds is 6. The highest BCUT2D eigenvalue weighted by Crippen LogP contribution is 2.17. The number of thiazole rings is 1. The van der Waals surface area contributed by atoms with Crippen LogP contribution in [0.3, 0.4) is 0 Å². The van der Waals surface area contributed by atoms with E-state index in [-0.39, 0.29) is 11.9 Å². The highest BCUT2D eigenvalue weighted by atomic mass is 32.1. The summed E-state index contributed by atoms with van der Waals surface area (Å²) in [6, 6.07) is 7.76. The fourth-order valence-corrected chi connectivity index (χ4v) is 2.44. The molecule has 0 bridgehead atoms. The van der Waals surface area contributed by atoms with Gasteiger partial charge in [-0.3, -0.25) is 4.79 Å². The molecule has 22 heavy (non-hydrogen) atoms. The molecule has 0 spiro atoms. The summed E-state index contributed by atoms with van der Waals surface area (Å²) >= 11 is 1.61. The number of ether oxygens (including phenoxy) is 1. The molecule has 1 amide bonds. The molecule has 0 aliphatic rings. The number of carbonyl (C=O) groups excluding carboxylic acids is 1. The Morgan fingerprint density at radius 3 is 2.95 bits per heavy atom. The van der Waals surface area contributed by atoms with Crippen molar-refractivity contribution in [2.75, 3.05) is 0 Å². The van der Waals surface area contributed by atoms with Crippen molar-refractivity contribution < 1.29 is 9.53 Å². The van der Waals surface area contributed by atoms with Gasteiger partial charge in [0.05, 0.1) is 10.7 Å². The Hall–Kier alpha value is -2.14. The minimum Gasteiger partial charge on any atom is -0.487 e. The summed E-state index contributed by atoms with van der Waals surface area (Å²) in [5.41, 5.74) is 1.85. The van der Waals surface area contributed by atoms with Crippen LogP contribution in [0.25, 0.3) is 6.08 Å². The zero-order valence-electron chi connectivity index (χ0n) is 13.0. The first-order valence-corrected chi connectivity index (χ1v) is 8.03. The number of hydrogen-bond acceptors (Lipinski definition) is 4. The van der Waals surface area contributed by atoms with Gasteiger partial charge in [-0.1, -0.05) is 12.1 Å². The maximum atomic E-state index is 11.6. The van der Waals surface area contributed by atoms with Gasteiger partial charge in [-0.25, -0.2) is 4.98 Å². The summed E-state index contributed by atoms with van der Waals surface area (Å²) in [4.78, 5) is 16.0. The quantitative estimate of drug-likeness (QED) is 0.829. The van der Waals surface area contributed by atoms with E-state index < -0.39 is 0 Å². The Kier molecular flexibility index (Phi) is 5.72. The molecule has 0 saturated carbocycles. The lowest BCUT2D eigenvalue weighted by atomic mass is 10.2. The van der Waals surface area contributed by atoms with Gasteiger partial charge in [0, 0.05) is 17.5 Å². The van der Waals surface area contributed by atoms with Crippen molar-refractivity contribution in [1.29, 1.82) is 0 Å². The summed E-state index contributed by atoms with van der Waals surface area (Å²) in [7, 11) is 0. The van der Waals surface area contributed by atoms with Gasteiger partial charge in [0.2, 0.25) is 5.91 Å². The van der Waals surface area contributed by atoms with E-state index in [2.05, 4.69) is 10.3 Å². The van der Waals surface area contributed by atoms with Crippen molar-refractivity contribution in [3.05, 3.63) is 52.0 Å². The third-order valence-corrected chi connectivity index (χ3v) is 3.59. The first kappa shape index (κ1) is 16.2. The fraction of sp³-hybridized carbons (Fsp3) is 0.294. The predicted octanol–water partition coefficient (Wildman–Crippen LogP) is 3.57. The van der Waals surface area contributed by atoms with Gasteiger partial charge in [0.1, 0.15) is 12.4 Å². The number of hydrogen-bond donors (Lipinski definition) is 1. The van der Waals surface area contributed by atoms with E-state index in [4.69, 9.17) is 4.74 Å². The number of amides is 1. The molecule has 2 rings (SSSR count). The van der Waals surface area contributed by atoms with Crippen molar-refractivity contribution in [2.24, 2.45) is 0 Å². The van der Waals surface area contributed by atoms with Crippen LogP contribution in [-0.2, 0) is 11.4 Å². The first-order chi connectivity index (χ1) is 10.5. The van der Waals surface area contributed by atoms with Crippen LogP contribution < -0.4 is 10.1 Å². The third-order valence-electron chi connectivity index (χ3n) is 2.77. The van der Waals surface area contributed by atoms with Crippen LogP contribution >= 0.6 is 11.3 Å². The van der Waals surface area contributed by atoms with Crippen LogP contribution in [-0.4, -0.2) is 16.9 Å². The molecule has 116 valence electrons. The van der Waals surface area contributed by atoms with Crippen molar-refractivity contribution in [3.8, 4) is 5.75 Å². The largest absolute Gasteiger partial charge is 0.487 e. The van der Waals surface area contributed by atoms with Crippen LogP contribution in [0.1, 0.15) is 30.1 Å². The van der Waals surface area contributed by atoms with Crippen LogP contribution in [0.4, 0.5) is 0 Å². The van der Waals surface area contributed by atoms with Gasteiger partial charge in [-0.05, 0) is 44.5 Å². The molecule has 1 N–H and O–H groups in total. The zero-order valence-corrected chi connectivity index (χ0v) is 13.8. The normalized spacial score (nSPS) is 11.1. The third kappa shape index (κ3) is 5.33. The van der Waals surface area contributed by atoms with E-state index in [1.165, 1.54) is 6.08 Å². The molecule has 0 aliphatic carbocycles. The standard InChI is InChI=1S/C17H20N2O2S/c1-12(2)18-17(20)8-7-14-5-4-6-16(9-14)21-10-15-11-22-13(3)19-15/h4-9,11-12H,10H2,1-3H3,(H,18,20)/b8-7+. The van der Waals surface area contributed by atoms with E-state index in [9.17, 15) is 4.79 Å². The average Bonchev–Trinajstić information content (AvgIpc) is 2.88. The summed E-state index contributed by atoms with van der Waals surface area (Å²) in [6.45, 7) is 6.29. The minimum absolute atomic E-state index is 0.0979. The maximum Gasteiger partial charge on any atom is 0.244 e. The van der Waals surface area contributed by atoms with Gasteiger partial charge in [0.25, 0.3) is 0 Å². The Morgan fingerprint density at radius 1 is 1.45 bits per heavy atom. The molecule has 2 aromatic rings. The molecule has 1 heterocycles. The van der Waals surface area contributed by atoms with E-state index in [0.717, 1.165) is 22.0 Å². The van der Waals surface area contributed by atoms with Gasteiger partial charge in [-0.2, -0.15) is 0 Å². The summed E-state index contributed by atoms with van der Waals surface area (Å²) in [5, 5.41) is 5.84. The zero-order chi connectivity index (χ0) is 15.9. The second kappa shape index (κ2) is 7.75.